The van der Waals surface area contributed by atoms with Gasteiger partial charge in [-0.1, -0.05) is 20.8 Å². The normalized spacial score (nSPS) is 11.3. The lowest BCUT2D eigenvalue weighted by molar-refractivity contribution is 0.0745. The largest absolute Gasteiger partial charge is 0.504 e. The van der Waals surface area contributed by atoms with Crippen molar-refractivity contribution in [3.8, 4) is 11.5 Å². The van der Waals surface area contributed by atoms with E-state index in [1.807, 2.05) is 20.8 Å². The number of nitrogens with zero attached hydrogens (tertiary/aromatic N) is 1. The van der Waals surface area contributed by atoms with Crippen LogP contribution in [0, 0.1) is 5.41 Å². The fourth-order valence-corrected chi connectivity index (χ4v) is 1.66. The molecule has 1 rings (SSSR count). The highest BCUT2D eigenvalue weighted by molar-refractivity contribution is 5.94. The Labute approximate surface area is 101 Å². The molecule has 0 unspecified atom stereocenters. The van der Waals surface area contributed by atoms with E-state index in [9.17, 15) is 15.0 Å². The van der Waals surface area contributed by atoms with Crippen LogP contribution in [0.25, 0.3) is 0 Å². The molecule has 0 radical (unpaired) electrons. The molecule has 17 heavy (non-hydrogen) atoms. The van der Waals surface area contributed by atoms with Crippen molar-refractivity contribution in [1.29, 1.82) is 0 Å². The monoisotopic (exact) mass is 237 g/mol. The van der Waals surface area contributed by atoms with E-state index < -0.39 is 0 Å². The van der Waals surface area contributed by atoms with Gasteiger partial charge >= 0.3 is 0 Å². The first-order valence-electron chi connectivity index (χ1n) is 5.48. The Bertz CT molecular complexity index is 421. The zero-order chi connectivity index (χ0) is 13.2. The molecule has 0 atom stereocenters. The molecule has 0 aliphatic rings. The van der Waals surface area contributed by atoms with E-state index in [1.54, 1.807) is 11.9 Å². The fourth-order valence-electron chi connectivity index (χ4n) is 1.66. The number of carbonyl (C=O) groups is 1. The highest BCUT2D eigenvalue weighted by Crippen LogP contribution is 2.25. The van der Waals surface area contributed by atoms with E-state index in [2.05, 4.69) is 0 Å². The lowest BCUT2D eigenvalue weighted by Gasteiger charge is -2.26. The first kappa shape index (κ1) is 13.4. The Balaban J connectivity index is 2.85. The average molecular weight is 237 g/mol. The predicted octanol–water partition coefficient (Wildman–Crippen LogP) is 2.22. The zero-order valence-electron chi connectivity index (χ0n) is 10.7. The average Bonchev–Trinajstić information content (AvgIpc) is 2.18. The topological polar surface area (TPSA) is 60.8 Å². The van der Waals surface area contributed by atoms with E-state index in [1.165, 1.54) is 18.2 Å². The van der Waals surface area contributed by atoms with Crippen molar-refractivity contribution in [2.24, 2.45) is 5.41 Å². The Morgan fingerprint density at radius 3 is 2.29 bits per heavy atom. The fraction of sp³-hybridized carbons (Fsp3) is 0.462. The molecule has 0 fully saturated rings. The summed E-state index contributed by atoms with van der Waals surface area (Å²) in [5.41, 5.74) is 0.385. The number of phenols is 2. The van der Waals surface area contributed by atoms with Gasteiger partial charge in [-0.2, -0.15) is 0 Å². The lowest BCUT2D eigenvalue weighted by atomic mass is 9.96. The smallest absolute Gasteiger partial charge is 0.253 e. The first-order chi connectivity index (χ1) is 7.70. The van der Waals surface area contributed by atoms with Crippen LogP contribution in [0.3, 0.4) is 0 Å². The van der Waals surface area contributed by atoms with Crippen LogP contribution in [-0.2, 0) is 0 Å². The number of phenolic OH excluding ortho intramolecular Hbond substituents is 2. The van der Waals surface area contributed by atoms with Crippen molar-refractivity contribution < 1.29 is 15.0 Å². The summed E-state index contributed by atoms with van der Waals surface area (Å²) < 4.78 is 0. The maximum atomic E-state index is 12.0. The second-order valence-corrected chi connectivity index (χ2v) is 5.43. The summed E-state index contributed by atoms with van der Waals surface area (Å²) in [7, 11) is 1.72. The third-order valence-corrected chi connectivity index (χ3v) is 2.28. The van der Waals surface area contributed by atoms with Crippen LogP contribution in [0.4, 0.5) is 0 Å². The van der Waals surface area contributed by atoms with Gasteiger partial charge in [0.1, 0.15) is 0 Å². The second-order valence-electron chi connectivity index (χ2n) is 5.43. The zero-order valence-corrected chi connectivity index (χ0v) is 10.7. The summed E-state index contributed by atoms with van der Waals surface area (Å²) in [5.74, 6) is -0.671. The SMILES string of the molecule is CN(CC(C)(C)C)C(=O)c1ccc(O)c(O)c1. The summed E-state index contributed by atoms with van der Waals surface area (Å²) in [5, 5.41) is 18.5. The molecule has 0 aliphatic carbocycles. The number of aromatic hydroxyl groups is 2. The molecule has 4 heteroatoms. The number of benzene rings is 1. The van der Waals surface area contributed by atoms with Crippen molar-refractivity contribution >= 4 is 5.91 Å². The first-order valence-corrected chi connectivity index (χ1v) is 5.48. The van der Waals surface area contributed by atoms with Gasteiger partial charge in [0.2, 0.25) is 0 Å². The summed E-state index contributed by atoms with van der Waals surface area (Å²) >= 11 is 0. The maximum absolute atomic E-state index is 12.0. The summed E-state index contributed by atoms with van der Waals surface area (Å²) in [4.78, 5) is 13.6. The number of hydrogen-bond donors (Lipinski definition) is 2. The quantitative estimate of drug-likeness (QED) is 0.775. The predicted molar refractivity (Wildman–Crippen MR) is 66.2 cm³/mol. The molecule has 4 nitrogen and oxygen atoms in total. The molecule has 1 aromatic rings. The minimum absolute atomic E-state index is 0.0172. The van der Waals surface area contributed by atoms with E-state index in [0.717, 1.165) is 0 Å². The van der Waals surface area contributed by atoms with Gasteiger partial charge in [0.05, 0.1) is 0 Å². The van der Waals surface area contributed by atoms with Crippen LogP contribution in [0.1, 0.15) is 31.1 Å². The third kappa shape index (κ3) is 3.66. The van der Waals surface area contributed by atoms with E-state index in [-0.39, 0.29) is 22.8 Å². The Morgan fingerprint density at radius 1 is 1.24 bits per heavy atom. The van der Waals surface area contributed by atoms with Gasteiger partial charge in [-0.15, -0.1) is 0 Å². The Morgan fingerprint density at radius 2 is 1.82 bits per heavy atom. The molecule has 0 aromatic heterocycles. The van der Waals surface area contributed by atoms with Gasteiger partial charge in [-0.3, -0.25) is 4.79 Å². The molecule has 0 heterocycles. The molecule has 1 amide bonds. The maximum Gasteiger partial charge on any atom is 0.253 e. The third-order valence-electron chi connectivity index (χ3n) is 2.28. The minimum atomic E-state index is -0.278. The molecule has 1 aromatic carbocycles. The van der Waals surface area contributed by atoms with Gasteiger partial charge in [-0.05, 0) is 23.6 Å². The number of carbonyl (C=O) groups excluding carboxylic acids is 1. The van der Waals surface area contributed by atoms with Crippen LogP contribution < -0.4 is 0 Å². The molecule has 0 aliphatic heterocycles. The number of hydrogen-bond acceptors (Lipinski definition) is 3. The number of rotatable bonds is 2. The van der Waals surface area contributed by atoms with E-state index in [0.29, 0.717) is 12.1 Å². The van der Waals surface area contributed by atoms with Gasteiger partial charge in [0, 0.05) is 19.2 Å². The van der Waals surface area contributed by atoms with Crippen molar-refractivity contribution in [3.05, 3.63) is 23.8 Å². The van der Waals surface area contributed by atoms with Gasteiger partial charge in [0.25, 0.3) is 5.91 Å². The van der Waals surface area contributed by atoms with Gasteiger partial charge < -0.3 is 15.1 Å². The van der Waals surface area contributed by atoms with E-state index >= 15 is 0 Å². The minimum Gasteiger partial charge on any atom is -0.504 e. The Kier molecular flexibility index (Phi) is 3.66. The summed E-state index contributed by atoms with van der Waals surface area (Å²) in [6, 6.07) is 4.08. The molecule has 0 saturated heterocycles. The van der Waals surface area contributed by atoms with Crippen LogP contribution in [-0.4, -0.2) is 34.6 Å². The molecular formula is C13H19NO3. The molecule has 2 N–H and O–H groups in total. The highest BCUT2D eigenvalue weighted by atomic mass is 16.3. The van der Waals surface area contributed by atoms with Crippen molar-refractivity contribution in [2.45, 2.75) is 20.8 Å². The van der Waals surface area contributed by atoms with Crippen molar-refractivity contribution in [1.82, 2.24) is 4.90 Å². The standard InChI is InChI=1S/C13H19NO3/c1-13(2,3)8-14(4)12(17)9-5-6-10(15)11(16)7-9/h5-7,15-16H,8H2,1-4H3. The summed E-state index contributed by atoms with van der Waals surface area (Å²) in [6.45, 7) is 6.76. The lowest BCUT2D eigenvalue weighted by Crippen LogP contribution is -2.34. The van der Waals surface area contributed by atoms with Crippen LogP contribution in [0.2, 0.25) is 0 Å². The van der Waals surface area contributed by atoms with Crippen LogP contribution >= 0.6 is 0 Å². The van der Waals surface area contributed by atoms with Crippen molar-refractivity contribution in [3.63, 3.8) is 0 Å². The van der Waals surface area contributed by atoms with Gasteiger partial charge in [-0.25, -0.2) is 0 Å². The van der Waals surface area contributed by atoms with Gasteiger partial charge in [0.15, 0.2) is 11.5 Å². The molecule has 0 spiro atoms. The molecular weight excluding hydrogens is 218 g/mol. The Hall–Kier alpha value is -1.71. The number of amides is 1. The molecule has 0 saturated carbocycles. The second kappa shape index (κ2) is 4.65. The van der Waals surface area contributed by atoms with E-state index in [4.69, 9.17) is 0 Å². The van der Waals surface area contributed by atoms with Crippen LogP contribution in [0.15, 0.2) is 18.2 Å². The highest BCUT2D eigenvalue weighted by Gasteiger charge is 2.19. The van der Waals surface area contributed by atoms with Crippen LogP contribution in [0.5, 0.6) is 11.5 Å². The molecule has 0 bridgehead atoms. The molecule has 94 valence electrons. The van der Waals surface area contributed by atoms with Crippen molar-refractivity contribution in [2.75, 3.05) is 13.6 Å². The summed E-state index contributed by atoms with van der Waals surface area (Å²) in [6.07, 6.45) is 0.